The highest BCUT2D eigenvalue weighted by molar-refractivity contribution is 5.85. The average molecular weight is 282 g/mol. The molecule has 1 fully saturated rings. The molecule has 1 atom stereocenters. The Hall–Kier alpha value is -0.940. The largest absolute Gasteiger partial charge is 0.573 e. The third-order valence-corrected chi connectivity index (χ3v) is 2.83. The van der Waals surface area contributed by atoms with Gasteiger partial charge in [0.25, 0.3) is 0 Å². The Balaban J connectivity index is 0.00000162. The highest BCUT2D eigenvalue weighted by atomic mass is 35.5. The van der Waals surface area contributed by atoms with Crippen LogP contribution >= 0.6 is 12.4 Å². The molecular weight excluding hydrogens is 267 g/mol. The number of piperidine rings is 1. The van der Waals surface area contributed by atoms with Crippen molar-refractivity contribution in [2.45, 2.75) is 31.7 Å². The number of halogens is 4. The van der Waals surface area contributed by atoms with Crippen molar-refractivity contribution in [3.8, 4) is 5.75 Å². The second-order valence-corrected chi connectivity index (χ2v) is 4.12. The smallest absolute Gasteiger partial charge is 0.406 e. The summed E-state index contributed by atoms with van der Waals surface area (Å²) >= 11 is 0. The van der Waals surface area contributed by atoms with E-state index in [0.717, 1.165) is 31.4 Å². The molecule has 2 nitrogen and oxygen atoms in total. The van der Waals surface area contributed by atoms with E-state index >= 15 is 0 Å². The van der Waals surface area contributed by atoms with Gasteiger partial charge in [-0.05, 0) is 37.1 Å². The number of hydrogen-bond donors (Lipinski definition) is 1. The average Bonchev–Trinajstić information content (AvgIpc) is 2.29. The fraction of sp³-hybridized carbons (Fsp3) is 0.500. The summed E-state index contributed by atoms with van der Waals surface area (Å²) in [6, 6.07) is 6.34. The van der Waals surface area contributed by atoms with Crippen LogP contribution in [-0.2, 0) is 0 Å². The predicted molar refractivity (Wildman–Crippen MR) is 65.0 cm³/mol. The van der Waals surface area contributed by atoms with E-state index < -0.39 is 6.36 Å². The van der Waals surface area contributed by atoms with Gasteiger partial charge in [0.1, 0.15) is 5.75 Å². The zero-order valence-corrected chi connectivity index (χ0v) is 10.5. The van der Waals surface area contributed by atoms with Gasteiger partial charge in [0.05, 0.1) is 0 Å². The second kappa shape index (κ2) is 6.29. The Morgan fingerprint density at radius 2 is 1.78 bits per heavy atom. The van der Waals surface area contributed by atoms with E-state index in [2.05, 4.69) is 10.1 Å². The Bertz CT molecular complexity index is 361. The fourth-order valence-electron chi connectivity index (χ4n) is 2.04. The van der Waals surface area contributed by atoms with Gasteiger partial charge in [-0.2, -0.15) is 0 Å². The van der Waals surface area contributed by atoms with Gasteiger partial charge in [-0.3, -0.25) is 0 Å². The summed E-state index contributed by atoms with van der Waals surface area (Å²) in [4.78, 5) is 0. The predicted octanol–water partition coefficient (Wildman–Crippen LogP) is 3.82. The monoisotopic (exact) mass is 281 g/mol. The zero-order valence-electron chi connectivity index (χ0n) is 9.67. The molecule has 6 heteroatoms. The van der Waals surface area contributed by atoms with Crippen LogP contribution in [0, 0.1) is 0 Å². The maximum Gasteiger partial charge on any atom is 0.573 e. The van der Waals surface area contributed by atoms with Crippen molar-refractivity contribution in [2.75, 3.05) is 6.54 Å². The fourth-order valence-corrected chi connectivity index (χ4v) is 2.04. The molecule has 0 radical (unpaired) electrons. The molecular formula is C12H15ClF3NO. The molecule has 0 bridgehead atoms. The third kappa shape index (κ3) is 4.38. The van der Waals surface area contributed by atoms with E-state index in [1.165, 1.54) is 12.1 Å². The van der Waals surface area contributed by atoms with Crippen molar-refractivity contribution in [2.24, 2.45) is 0 Å². The van der Waals surface area contributed by atoms with Gasteiger partial charge in [-0.15, -0.1) is 25.6 Å². The molecule has 1 aliphatic heterocycles. The summed E-state index contributed by atoms with van der Waals surface area (Å²) in [7, 11) is 0. The van der Waals surface area contributed by atoms with Gasteiger partial charge in [0.15, 0.2) is 0 Å². The quantitative estimate of drug-likeness (QED) is 0.890. The van der Waals surface area contributed by atoms with Crippen molar-refractivity contribution < 1.29 is 17.9 Å². The van der Waals surface area contributed by atoms with Gasteiger partial charge in [0.2, 0.25) is 0 Å². The van der Waals surface area contributed by atoms with Crippen LogP contribution < -0.4 is 10.1 Å². The molecule has 2 rings (SSSR count). The lowest BCUT2D eigenvalue weighted by Gasteiger charge is -2.24. The van der Waals surface area contributed by atoms with E-state index in [4.69, 9.17) is 0 Å². The normalized spacial score (nSPS) is 20.1. The molecule has 1 aromatic carbocycles. The molecule has 18 heavy (non-hydrogen) atoms. The Kier molecular flexibility index (Phi) is 5.28. The van der Waals surface area contributed by atoms with Crippen molar-refractivity contribution in [3.63, 3.8) is 0 Å². The third-order valence-electron chi connectivity index (χ3n) is 2.83. The number of alkyl halides is 3. The zero-order chi connectivity index (χ0) is 12.3. The number of benzene rings is 1. The molecule has 0 aromatic heterocycles. The summed E-state index contributed by atoms with van der Waals surface area (Å²) in [5.74, 6) is -0.169. The van der Waals surface area contributed by atoms with Crippen LogP contribution in [0.1, 0.15) is 30.9 Å². The molecule has 0 saturated carbocycles. The molecule has 1 heterocycles. The van der Waals surface area contributed by atoms with Crippen LogP contribution in [-0.4, -0.2) is 12.9 Å². The Morgan fingerprint density at radius 3 is 2.28 bits per heavy atom. The molecule has 1 unspecified atom stereocenters. The first-order valence-corrected chi connectivity index (χ1v) is 5.64. The van der Waals surface area contributed by atoms with Crippen molar-refractivity contribution in [3.05, 3.63) is 29.8 Å². The van der Waals surface area contributed by atoms with E-state index in [1.807, 2.05) is 0 Å². The summed E-state index contributed by atoms with van der Waals surface area (Å²) in [6.07, 6.45) is -1.28. The second-order valence-electron chi connectivity index (χ2n) is 4.12. The van der Waals surface area contributed by atoms with Crippen LogP contribution in [0.3, 0.4) is 0 Å². The number of rotatable bonds is 2. The minimum Gasteiger partial charge on any atom is -0.406 e. The molecule has 0 spiro atoms. The van der Waals surface area contributed by atoms with E-state index in [0.29, 0.717) is 0 Å². The first kappa shape index (κ1) is 15.1. The van der Waals surface area contributed by atoms with Gasteiger partial charge < -0.3 is 10.1 Å². The van der Waals surface area contributed by atoms with Gasteiger partial charge >= 0.3 is 6.36 Å². The van der Waals surface area contributed by atoms with E-state index in [-0.39, 0.29) is 24.2 Å². The molecule has 1 saturated heterocycles. The van der Waals surface area contributed by atoms with Gasteiger partial charge in [-0.25, -0.2) is 0 Å². The number of hydrogen-bond acceptors (Lipinski definition) is 2. The molecule has 102 valence electrons. The van der Waals surface area contributed by atoms with E-state index in [1.54, 1.807) is 12.1 Å². The number of nitrogens with one attached hydrogen (secondary N) is 1. The molecule has 0 aliphatic carbocycles. The molecule has 1 N–H and O–H groups in total. The highest BCUT2D eigenvalue weighted by Gasteiger charge is 2.31. The standard InChI is InChI=1S/C12H14F3NO.ClH/c13-12(14,15)17-10-6-4-9(5-7-10)11-3-1-2-8-16-11;/h4-7,11,16H,1-3,8H2;1H. The van der Waals surface area contributed by atoms with Crippen LogP contribution in [0.2, 0.25) is 0 Å². The lowest BCUT2D eigenvalue weighted by Crippen LogP contribution is -2.26. The number of ether oxygens (including phenoxy) is 1. The SMILES string of the molecule is Cl.FC(F)(F)Oc1ccc(C2CCCCN2)cc1. The van der Waals surface area contributed by atoms with Crippen LogP contribution in [0.15, 0.2) is 24.3 Å². The van der Waals surface area contributed by atoms with E-state index in [9.17, 15) is 13.2 Å². The molecule has 0 amide bonds. The van der Waals surface area contributed by atoms with Gasteiger partial charge in [-0.1, -0.05) is 18.6 Å². The molecule has 1 aliphatic rings. The summed E-state index contributed by atoms with van der Waals surface area (Å²) in [6.45, 7) is 0.964. The summed E-state index contributed by atoms with van der Waals surface area (Å²) in [5.41, 5.74) is 1.01. The molecule has 1 aromatic rings. The minimum atomic E-state index is -4.62. The summed E-state index contributed by atoms with van der Waals surface area (Å²) < 4.78 is 39.7. The maximum atomic E-state index is 12.0. The van der Waals surface area contributed by atoms with Crippen LogP contribution in [0.5, 0.6) is 5.75 Å². The summed E-state index contributed by atoms with van der Waals surface area (Å²) in [5, 5.41) is 3.34. The minimum absolute atomic E-state index is 0. The highest BCUT2D eigenvalue weighted by Crippen LogP contribution is 2.27. The first-order valence-electron chi connectivity index (χ1n) is 5.64. The first-order chi connectivity index (χ1) is 8.04. The van der Waals surface area contributed by atoms with Crippen molar-refractivity contribution in [1.82, 2.24) is 5.32 Å². The van der Waals surface area contributed by atoms with Crippen molar-refractivity contribution in [1.29, 1.82) is 0 Å². The van der Waals surface area contributed by atoms with Crippen molar-refractivity contribution >= 4 is 12.4 Å². The Morgan fingerprint density at radius 1 is 1.11 bits per heavy atom. The van der Waals surface area contributed by atoms with Crippen LogP contribution in [0.4, 0.5) is 13.2 Å². The topological polar surface area (TPSA) is 21.3 Å². The van der Waals surface area contributed by atoms with Crippen LogP contribution in [0.25, 0.3) is 0 Å². The Labute approximate surface area is 110 Å². The van der Waals surface area contributed by atoms with Gasteiger partial charge in [0, 0.05) is 6.04 Å². The maximum absolute atomic E-state index is 12.0. The lowest BCUT2D eigenvalue weighted by molar-refractivity contribution is -0.274. The lowest BCUT2D eigenvalue weighted by atomic mass is 9.98.